The second-order valence-electron chi connectivity index (χ2n) is 6.91. The Hall–Kier alpha value is -1.87. The number of rotatable bonds is 7. The molecule has 0 aromatic heterocycles. The molecule has 0 spiro atoms. The van der Waals surface area contributed by atoms with Crippen LogP contribution in [0.25, 0.3) is 0 Å². The van der Waals surface area contributed by atoms with Crippen molar-refractivity contribution in [2.24, 2.45) is 0 Å². The van der Waals surface area contributed by atoms with Gasteiger partial charge in [0.2, 0.25) is 10.0 Å². The first-order valence-corrected chi connectivity index (χ1v) is 12.0. The summed E-state index contributed by atoms with van der Waals surface area (Å²) in [7, 11) is -3.64. The van der Waals surface area contributed by atoms with E-state index in [-0.39, 0.29) is 10.8 Å². The molecule has 1 fully saturated rings. The standard InChI is InChI=1S/C21H26N2O4S2/c1-16-3-7-19(8-4-16)28-14-9-22-21(24)18-6-5-17(2)20(15-18)29(25,26)23-10-12-27-13-11-23/h3-8,15H,9-14H2,1-2H3,(H,22,24). The highest BCUT2D eigenvalue weighted by molar-refractivity contribution is 7.99. The van der Waals surface area contributed by atoms with Gasteiger partial charge in [-0.15, -0.1) is 11.8 Å². The van der Waals surface area contributed by atoms with Gasteiger partial charge in [-0.3, -0.25) is 4.79 Å². The lowest BCUT2D eigenvalue weighted by atomic mass is 10.1. The van der Waals surface area contributed by atoms with Gasteiger partial charge >= 0.3 is 0 Å². The fourth-order valence-corrected chi connectivity index (χ4v) is 5.44. The van der Waals surface area contributed by atoms with Crippen LogP contribution in [0.5, 0.6) is 0 Å². The minimum atomic E-state index is -3.64. The fourth-order valence-electron chi connectivity index (χ4n) is 3.02. The maximum absolute atomic E-state index is 13.0. The summed E-state index contributed by atoms with van der Waals surface area (Å²) in [6.07, 6.45) is 0. The Balaban J connectivity index is 1.62. The van der Waals surface area contributed by atoms with Crippen molar-refractivity contribution >= 4 is 27.7 Å². The van der Waals surface area contributed by atoms with Crippen LogP contribution in [0.2, 0.25) is 0 Å². The zero-order valence-corrected chi connectivity index (χ0v) is 18.3. The summed E-state index contributed by atoms with van der Waals surface area (Å²) in [6, 6.07) is 13.1. The van der Waals surface area contributed by atoms with Crippen molar-refractivity contribution in [1.82, 2.24) is 9.62 Å². The highest BCUT2D eigenvalue weighted by Crippen LogP contribution is 2.22. The third-order valence-corrected chi connectivity index (χ3v) is 7.77. The second-order valence-corrected chi connectivity index (χ2v) is 9.99. The van der Waals surface area contributed by atoms with Crippen LogP contribution in [0, 0.1) is 13.8 Å². The van der Waals surface area contributed by atoms with E-state index < -0.39 is 10.0 Å². The van der Waals surface area contributed by atoms with Crippen LogP contribution in [-0.4, -0.2) is 57.2 Å². The quantitative estimate of drug-likeness (QED) is 0.536. The van der Waals surface area contributed by atoms with Gasteiger partial charge in [-0.05, 0) is 43.7 Å². The van der Waals surface area contributed by atoms with Gasteiger partial charge in [-0.1, -0.05) is 23.8 Å². The van der Waals surface area contributed by atoms with Gasteiger partial charge < -0.3 is 10.1 Å². The maximum atomic E-state index is 13.0. The SMILES string of the molecule is Cc1ccc(SCCNC(=O)c2ccc(C)c(S(=O)(=O)N3CCOCC3)c2)cc1. The zero-order valence-electron chi connectivity index (χ0n) is 16.7. The Kier molecular flexibility index (Phi) is 7.34. The van der Waals surface area contributed by atoms with Crippen LogP contribution >= 0.6 is 11.8 Å². The Morgan fingerprint density at radius 1 is 1.10 bits per heavy atom. The van der Waals surface area contributed by atoms with E-state index in [1.165, 1.54) is 15.9 Å². The highest BCUT2D eigenvalue weighted by Gasteiger charge is 2.28. The van der Waals surface area contributed by atoms with E-state index in [1.807, 2.05) is 6.92 Å². The molecule has 1 saturated heterocycles. The monoisotopic (exact) mass is 434 g/mol. The molecule has 0 saturated carbocycles. The van der Waals surface area contributed by atoms with E-state index in [2.05, 4.69) is 29.6 Å². The minimum Gasteiger partial charge on any atom is -0.379 e. The number of sulfonamides is 1. The summed E-state index contributed by atoms with van der Waals surface area (Å²) < 4.78 is 32.6. The predicted octanol–water partition coefficient (Wildman–Crippen LogP) is 2.85. The van der Waals surface area contributed by atoms with Gasteiger partial charge in [0.25, 0.3) is 5.91 Å². The molecule has 6 nitrogen and oxygen atoms in total. The number of amides is 1. The van der Waals surface area contributed by atoms with E-state index in [1.54, 1.807) is 30.8 Å². The first kappa shape index (κ1) is 21.8. The Bertz CT molecular complexity index is 953. The average Bonchev–Trinajstić information content (AvgIpc) is 2.73. The van der Waals surface area contributed by atoms with Gasteiger partial charge in [-0.25, -0.2) is 8.42 Å². The molecule has 2 aromatic rings. The first-order chi connectivity index (χ1) is 13.9. The van der Waals surface area contributed by atoms with Crippen LogP contribution in [0.1, 0.15) is 21.5 Å². The molecule has 1 N–H and O–H groups in total. The minimum absolute atomic E-state index is 0.182. The number of morpholine rings is 1. The lowest BCUT2D eigenvalue weighted by Gasteiger charge is -2.26. The lowest BCUT2D eigenvalue weighted by Crippen LogP contribution is -2.41. The molecule has 8 heteroatoms. The van der Waals surface area contributed by atoms with Crippen molar-refractivity contribution in [2.75, 3.05) is 38.6 Å². The average molecular weight is 435 g/mol. The van der Waals surface area contributed by atoms with Gasteiger partial charge in [0.05, 0.1) is 18.1 Å². The summed E-state index contributed by atoms with van der Waals surface area (Å²) in [5.41, 5.74) is 2.19. The number of nitrogens with one attached hydrogen (secondary N) is 1. The van der Waals surface area contributed by atoms with E-state index in [0.717, 1.165) is 10.6 Å². The summed E-state index contributed by atoms with van der Waals surface area (Å²) >= 11 is 1.67. The number of thioether (sulfide) groups is 1. The third-order valence-electron chi connectivity index (χ3n) is 4.72. The fraction of sp³-hybridized carbons (Fsp3) is 0.381. The van der Waals surface area contributed by atoms with Gasteiger partial charge in [0.1, 0.15) is 0 Å². The molecule has 3 rings (SSSR count). The molecule has 0 radical (unpaired) electrons. The molecule has 1 heterocycles. The number of nitrogens with zero attached hydrogens (tertiary/aromatic N) is 1. The number of ether oxygens (including phenoxy) is 1. The molecular formula is C21H26N2O4S2. The first-order valence-electron chi connectivity index (χ1n) is 9.54. The van der Waals surface area contributed by atoms with Crippen molar-refractivity contribution in [2.45, 2.75) is 23.6 Å². The summed E-state index contributed by atoms with van der Waals surface area (Å²) in [6.45, 7) is 5.71. The second kappa shape index (κ2) is 9.75. The predicted molar refractivity (Wildman–Crippen MR) is 115 cm³/mol. The largest absolute Gasteiger partial charge is 0.379 e. The van der Waals surface area contributed by atoms with Crippen LogP contribution in [0.4, 0.5) is 0 Å². The summed E-state index contributed by atoms with van der Waals surface area (Å²) in [5.74, 6) is 0.465. The van der Waals surface area contributed by atoms with Crippen molar-refractivity contribution in [3.05, 3.63) is 59.2 Å². The van der Waals surface area contributed by atoms with Gasteiger partial charge in [-0.2, -0.15) is 4.31 Å². The molecule has 1 aliphatic heterocycles. The van der Waals surface area contributed by atoms with Crippen molar-refractivity contribution < 1.29 is 17.9 Å². The van der Waals surface area contributed by atoms with E-state index in [4.69, 9.17) is 4.74 Å². The number of benzene rings is 2. The molecule has 29 heavy (non-hydrogen) atoms. The molecule has 2 aromatic carbocycles. The Morgan fingerprint density at radius 3 is 2.48 bits per heavy atom. The normalized spacial score (nSPS) is 15.2. The molecule has 0 atom stereocenters. The lowest BCUT2D eigenvalue weighted by molar-refractivity contribution is 0.0730. The Morgan fingerprint density at radius 2 is 1.79 bits per heavy atom. The molecular weight excluding hydrogens is 408 g/mol. The number of aryl methyl sites for hydroxylation is 2. The van der Waals surface area contributed by atoms with Crippen molar-refractivity contribution in [3.8, 4) is 0 Å². The number of hydrogen-bond donors (Lipinski definition) is 1. The van der Waals surface area contributed by atoms with E-state index in [9.17, 15) is 13.2 Å². The van der Waals surface area contributed by atoms with Gasteiger partial charge in [0, 0.05) is 35.8 Å². The maximum Gasteiger partial charge on any atom is 0.251 e. The summed E-state index contributed by atoms with van der Waals surface area (Å²) in [4.78, 5) is 13.9. The molecule has 1 amide bonds. The van der Waals surface area contributed by atoms with Crippen LogP contribution in [-0.2, 0) is 14.8 Å². The van der Waals surface area contributed by atoms with Crippen molar-refractivity contribution in [1.29, 1.82) is 0 Å². The topological polar surface area (TPSA) is 75.7 Å². The van der Waals surface area contributed by atoms with Crippen LogP contribution in [0.3, 0.4) is 0 Å². The zero-order chi connectivity index (χ0) is 20.9. The molecule has 0 aliphatic carbocycles. The number of carbonyl (C=O) groups excluding carboxylic acids is 1. The number of carbonyl (C=O) groups is 1. The third kappa shape index (κ3) is 5.60. The molecule has 0 bridgehead atoms. The van der Waals surface area contributed by atoms with Gasteiger partial charge in [0.15, 0.2) is 0 Å². The van der Waals surface area contributed by atoms with Crippen LogP contribution in [0.15, 0.2) is 52.3 Å². The van der Waals surface area contributed by atoms with E-state index >= 15 is 0 Å². The highest BCUT2D eigenvalue weighted by atomic mass is 32.2. The smallest absolute Gasteiger partial charge is 0.251 e. The Labute approximate surface area is 176 Å². The van der Waals surface area contributed by atoms with Crippen LogP contribution < -0.4 is 5.32 Å². The summed E-state index contributed by atoms with van der Waals surface area (Å²) in [5, 5.41) is 2.87. The van der Waals surface area contributed by atoms with Crippen molar-refractivity contribution in [3.63, 3.8) is 0 Å². The molecule has 156 valence electrons. The van der Waals surface area contributed by atoms with E-state index in [0.29, 0.717) is 44.0 Å². The molecule has 0 unspecified atom stereocenters. The number of hydrogen-bond acceptors (Lipinski definition) is 5. The molecule has 1 aliphatic rings.